The number of hydrogen-bond donors (Lipinski definition) is 1. The van der Waals surface area contributed by atoms with Gasteiger partial charge in [0.25, 0.3) is 0 Å². The van der Waals surface area contributed by atoms with E-state index in [9.17, 15) is 0 Å². The monoisotopic (exact) mass is 238 g/mol. The molecule has 1 rings (SSSR count). The van der Waals surface area contributed by atoms with E-state index in [4.69, 9.17) is 5.84 Å². The van der Waals surface area contributed by atoms with Crippen molar-refractivity contribution >= 4 is 17.4 Å². The second-order valence-electron chi connectivity index (χ2n) is 4.13. The maximum absolute atomic E-state index is 5.88. The van der Waals surface area contributed by atoms with Crippen LogP contribution >= 0.6 is 11.8 Å². The van der Waals surface area contributed by atoms with Crippen molar-refractivity contribution in [1.29, 1.82) is 0 Å². The van der Waals surface area contributed by atoms with Gasteiger partial charge in [-0.3, -0.25) is 0 Å². The molecule has 0 heterocycles. The van der Waals surface area contributed by atoms with Crippen LogP contribution in [0.5, 0.6) is 0 Å². The van der Waals surface area contributed by atoms with Crippen LogP contribution in [0.2, 0.25) is 0 Å². The quantitative estimate of drug-likeness (QED) is 0.630. The molecule has 0 aliphatic rings. The summed E-state index contributed by atoms with van der Waals surface area (Å²) >= 11 is 1.86. The zero-order valence-corrected chi connectivity index (χ0v) is 11.5. The van der Waals surface area contributed by atoms with E-state index in [-0.39, 0.29) is 0 Å². The Morgan fingerprint density at radius 3 is 2.62 bits per heavy atom. The summed E-state index contributed by atoms with van der Waals surface area (Å²) in [6.45, 7) is 4.42. The van der Waals surface area contributed by atoms with Gasteiger partial charge in [-0.05, 0) is 36.8 Å². The van der Waals surface area contributed by atoms with Crippen molar-refractivity contribution in [3.8, 4) is 0 Å². The van der Waals surface area contributed by atoms with Crippen molar-refractivity contribution in [1.82, 2.24) is 0 Å². The predicted octanol–water partition coefficient (Wildman–Crippen LogP) is 3.37. The first-order valence-electron chi connectivity index (χ1n) is 5.74. The Morgan fingerprint density at radius 2 is 2.12 bits per heavy atom. The summed E-state index contributed by atoms with van der Waals surface area (Å²) in [5, 5.41) is 2.25. The first-order valence-corrected chi connectivity index (χ1v) is 7.03. The summed E-state index contributed by atoms with van der Waals surface area (Å²) in [7, 11) is 1.90. The van der Waals surface area contributed by atoms with Crippen LogP contribution in [0.15, 0.2) is 18.2 Å². The van der Waals surface area contributed by atoms with E-state index < -0.39 is 0 Å². The minimum Gasteiger partial charge on any atom is -0.314 e. The highest BCUT2D eigenvalue weighted by molar-refractivity contribution is 7.98. The molecular formula is C13H22N2S. The maximum atomic E-state index is 5.88. The topological polar surface area (TPSA) is 29.3 Å². The highest BCUT2D eigenvalue weighted by Gasteiger charge is 2.09. The van der Waals surface area contributed by atoms with Gasteiger partial charge in [0.05, 0.1) is 5.69 Å². The summed E-state index contributed by atoms with van der Waals surface area (Å²) in [4.78, 5) is 0. The zero-order valence-electron chi connectivity index (χ0n) is 10.7. The number of hydrazine groups is 1. The van der Waals surface area contributed by atoms with Gasteiger partial charge in [-0.1, -0.05) is 25.5 Å². The van der Waals surface area contributed by atoms with Crippen LogP contribution in [-0.4, -0.2) is 13.3 Å². The maximum Gasteiger partial charge on any atom is 0.0548 e. The molecule has 1 unspecified atom stereocenters. The Morgan fingerprint density at radius 1 is 1.44 bits per heavy atom. The standard InChI is InChI=1S/C13H22N2S/c1-5-6-11-7-8-12(10(2)16-4)9-13(11)15(3)14/h7-10H,5-6,14H2,1-4H3. The van der Waals surface area contributed by atoms with E-state index >= 15 is 0 Å². The lowest BCUT2D eigenvalue weighted by Crippen LogP contribution is -2.26. The fourth-order valence-electron chi connectivity index (χ4n) is 1.78. The first kappa shape index (κ1) is 13.4. The second-order valence-corrected chi connectivity index (χ2v) is 5.31. The summed E-state index contributed by atoms with van der Waals surface area (Å²) in [6, 6.07) is 6.65. The molecule has 0 aliphatic heterocycles. The van der Waals surface area contributed by atoms with Crippen LogP contribution in [0.1, 0.15) is 36.6 Å². The van der Waals surface area contributed by atoms with Crippen LogP contribution in [0.25, 0.3) is 0 Å². The number of aryl methyl sites for hydroxylation is 1. The van der Waals surface area contributed by atoms with Crippen LogP contribution in [-0.2, 0) is 6.42 Å². The highest BCUT2D eigenvalue weighted by atomic mass is 32.2. The predicted molar refractivity (Wildman–Crippen MR) is 75.0 cm³/mol. The molecule has 0 amide bonds. The molecule has 0 bridgehead atoms. The summed E-state index contributed by atoms with van der Waals surface area (Å²) < 4.78 is 0. The molecule has 0 aromatic heterocycles. The number of nitrogens with two attached hydrogens (primary N) is 1. The lowest BCUT2D eigenvalue weighted by atomic mass is 10.0. The third-order valence-corrected chi connectivity index (χ3v) is 3.81. The molecular weight excluding hydrogens is 216 g/mol. The molecule has 0 saturated heterocycles. The largest absolute Gasteiger partial charge is 0.314 e. The first-order chi connectivity index (χ1) is 7.60. The van der Waals surface area contributed by atoms with Gasteiger partial charge >= 0.3 is 0 Å². The van der Waals surface area contributed by atoms with Crippen molar-refractivity contribution in [2.45, 2.75) is 31.9 Å². The van der Waals surface area contributed by atoms with E-state index in [1.54, 1.807) is 5.01 Å². The molecule has 1 aromatic carbocycles. The molecule has 0 spiro atoms. The van der Waals surface area contributed by atoms with E-state index in [2.05, 4.69) is 38.3 Å². The normalized spacial score (nSPS) is 12.6. The Kier molecular flexibility index (Phi) is 5.16. The minimum atomic E-state index is 0.523. The van der Waals surface area contributed by atoms with Gasteiger partial charge in [-0.2, -0.15) is 11.8 Å². The molecule has 0 aliphatic carbocycles. The molecule has 90 valence electrons. The Hall–Kier alpha value is -0.670. The third kappa shape index (κ3) is 3.16. The van der Waals surface area contributed by atoms with E-state index in [0.717, 1.165) is 18.5 Å². The molecule has 3 heteroatoms. The molecule has 1 aromatic rings. The molecule has 2 N–H and O–H groups in total. The summed E-state index contributed by atoms with van der Waals surface area (Å²) in [5.41, 5.74) is 3.84. The minimum absolute atomic E-state index is 0.523. The van der Waals surface area contributed by atoms with Gasteiger partial charge in [0.2, 0.25) is 0 Å². The average Bonchev–Trinajstić information content (AvgIpc) is 2.28. The molecule has 0 radical (unpaired) electrons. The smallest absolute Gasteiger partial charge is 0.0548 e. The average molecular weight is 238 g/mol. The summed E-state index contributed by atoms with van der Waals surface area (Å²) in [5.74, 6) is 5.88. The molecule has 0 saturated carbocycles. The molecule has 1 atom stereocenters. The zero-order chi connectivity index (χ0) is 12.1. The summed E-state index contributed by atoms with van der Waals surface area (Å²) in [6.07, 6.45) is 4.37. The van der Waals surface area contributed by atoms with E-state index in [0.29, 0.717) is 5.25 Å². The van der Waals surface area contributed by atoms with Crippen LogP contribution in [0.4, 0.5) is 5.69 Å². The van der Waals surface area contributed by atoms with Crippen molar-refractivity contribution < 1.29 is 0 Å². The lowest BCUT2D eigenvalue weighted by molar-refractivity contribution is 0.897. The number of rotatable bonds is 5. The van der Waals surface area contributed by atoms with Gasteiger partial charge in [-0.25, -0.2) is 5.84 Å². The van der Waals surface area contributed by atoms with Gasteiger partial charge in [-0.15, -0.1) is 0 Å². The van der Waals surface area contributed by atoms with Crippen molar-refractivity contribution in [2.24, 2.45) is 5.84 Å². The molecule has 16 heavy (non-hydrogen) atoms. The number of thioether (sulfide) groups is 1. The number of benzene rings is 1. The number of nitrogens with zero attached hydrogens (tertiary/aromatic N) is 1. The van der Waals surface area contributed by atoms with Crippen LogP contribution < -0.4 is 10.9 Å². The Bertz CT molecular complexity index is 337. The Balaban J connectivity index is 3.07. The number of anilines is 1. The van der Waals surface area contributed by atoms with E-state index in [1.165, 1.54) is 11.1 Å². The molecule has 2 nitrogen and oxygen atoms in total. The highest BCUT2D eigenvalue weighted by Crippen LogP contribution is 2.30. The van der Waals surface area contributed by atoms with Gasteiger partial charge in [0.1, 0.15) is 0 Å². The van der Waals surface area contributed by atoms with Gasteiger partial charge in [0, 0.05) is 12.3 Å². The van der Waals surface area contributed by atoms with Crippen molar-refractivity contribution in [2.75, 3.05) is 18.3 Å². The van der Waals surface area contributed by atoms with Gasteiger partial charge < -0.3 is 5.01 Å². The fourth-order valence-corrected chi connectivity index (χ4v) is 2.20. The van der Waals surface area contributed by atoms with Gasteiger partial charge in [0.15, 0.2) is 0 Å². The lowest BCUT2D eigenvalue weighted by Gasteiger charge is -2.19. The van der Waals surface area contributed by atoms with E-state index in [1.807, 2.05) is 18.8 Å². The number of hydrogen-bond acceptors (Lipinski definition) is 3. The van der Waals surface area contributed by atoms with Crippen molar-refractivity contribution in [3.05, 3.63) is 29.3 Å². The van der Waals surface area contributed by atoms with Crippen molar-refractivity contribution in [3.63, 3.8) is 0 Å². The molecule has 0 fully saturated rings. The Labute approximate surface area is 103 Å². The third-order valence-electron chi connectivity index (χ3n) is 2.83. The second kappa shape index (κ2) is 6.16. The SMILES string of the molecule is CCCc1ccc(C(C)SC)cc1N(C)N. The van der Waals surface area contributed by atoms with Crippen LogP contribution in [0, 0.1) is 0 Å². The fraction of sp³-hybridized carbons (Fsp3) is 0.538. The van der Waals surface area contributed by atoms with Crippen LogP contribution in [0.3, 0.4) is 0 Å².